The maximum Gasteiger partial charge on any atom is 0.227 e. The van der Waals surface area contributed by atoms with Gasteiger partial charge >= 0.3 is 0 Å². The molecule has 31 heavy (non-hydrogen) atoms. The highest BCUT2D eigenvalue weighted by molar-refractivity contribution is 6.31. The molecule has 0 atom stereocenters. The number of aryl methyl sites for hydroxylation is 2. The Morgan fingerprint density at radius 2 is 1.84 bits per heavy atom. The van der Waals surface area contributed by atoms with Gasteiger partial charge in [0.1, 0.15) is 5.75 Å². The Labute approximate surface area is 184 Å². The van der Waals surface area contributed by atoms with Gasteiger partial charge in [-0.25, -0.2) is 0 Å². The molecule has 0 spiro atoms. The summed E-state index contributed by atoms with van der Waals surface area (Å²) in [7, 11) is 0. The van der Waals surface area contributed by atoms with Crippen molar-refractivity contribution in [2.45, 2.75) is 19.8 Å². The normalized spacial score (nSPS) is 10.6. The van der Waals surface area contributed by atoms with Gasteiger partial charge in [-0.05, 0) is 42.8 Å². The molecular weight excluding hydrogens is 414 g/mol. The summed E-state index contributed by atoms with van der Waals surface area (Å²) in [6.07, 6.45) is 0.493. The molecule has 1 amide bonds. The molecule has 4 aromatic rings. The van der Waals surface area contributed by atoms with E-state index in [2.05, 4.69) is 15.5 Å². The summed E-state index contributed by atoms with van der Waals surface area (Å²) >= 11 is 6.11. The lowest BCUT2D eigenvalue weighted by molar-refractivity contribution is -0.116. The van der Waals surface area contributed by atoms with Crippen molar-refractivity contribution in [2.24, 2.45) is 0 Å². The van der Waals surface area contributed by atoms with E-state index in [4.69, 9.17) is 20.9 Å². The highest BCUT2D eigenvalue weighted by Crippen LogP contribution is 2.32. The second-order valence-electron chi connectivity index (χ2n) is 6.93. The lowest BCUT2D eigenvalue weighted by Crippen LogP contribution is -2.13. The van der Waals surface area contributed by atoms with Gasteiger partial charge in [-0.1, -0.05) is 59.2 Å². The van der Waals surface area contributed by atoms with E-state index in [1.54, 1.807) is 18.2 Å². The summed E-state index contributed by atoms with van der Waals surface area (Å²) < 4.78 is 11.2. The molecular formula is C24H20ClN3O3. The van der Waals surface area contributed by atoms with Gasteiger partial charge in [0.05, 0.1) is 5.69 Å². The molecule has 0 bridgehead atoms. The number of rotatable bonds is 7. The Hall–Kier alpha value is -3.64. The molecule has 4 rings (SSSR count). The number of carbonyl (C=O) groups excluding carboxylic acids is 1. The minimum atomic E-state index is -0.212. The van der Waals surface area contributed by atoms with Crippen LogP contribution in [0.5, 0.6) is 11.5 Å². The predicted molar refractivity (Wildman–Crippen MR) is 119 cm³/mol. The van der Waals surface area contributed by atoms with E-state index in [9.17, 15) is 4.79 Å². The number of nitrogens with zero attached hydrogens (tertiary/aromatic N) is 2. The zero-order valence-electron chi connectivity index (χ0n) is 16.8. The molecule has 7 heteroatoms. The van der Waals surface area contributed by atoms with Crippen molar-refractivity contribution in [2.75, 3.05) is 5.32 Å². The number of hydrogen-bond donors (Lipinski definition) is 1. The minimum Gasteiger partial charge on any atom is -0.455 e. The molecule has 6 nitrogen and oxygen atoms in total. The number of aromatic nitrogens is 2. The molecule has 0 unspecified atom stereocenters. The molecule has 156 valence electrons. The van der Waals surface area contributed by atoms with E-state index in [0.29, 0.717) is 40.3 Å². The number of para-hydroxylation sites is 1. The van der Waals surface area contributed by atoms with Gasteiger partial charge in [0.15, 0.2) is 5.75 Å². The summed E-state index contributed by atoms with van der Waals surface area (Å²) in [5.74, 6) is 1.87. The second-order valence-corrected chi connectivity index (χ2v) is 7.37. The van der Waals surface area contributed by atoms with Crippen molar-refractivity contribution < 1.29 is 14.1 Å². The summed E-state index contributed by atoms with van der Waals surface area (Å²) in [6, 6.07) is 22.2. The summed E-state index contributed by atoms with van der Waals surface area (Å²) in [6.45, 7) is 1.99. The Morgan fingerprint density at radius 1 is 1.06 bits per heavy atom. The van der Waals surface area contributed by atoms with Gasteiger partial charge in [-0.15, -0.1) is 0 Å². The minimum absolute atomic E-state index is 0.173. The molecule has 0 aliphatic heterocycles. The first-order valence-corrected chi connectivity index (χ1v) is 10.2. The average Bonchev–Trinajstić information content (AvgIpc) is 3.24. The van der Waals surface area contributed by atoms with Crippen molar-refractivity contribution in [3.05, 3.63) is 89.3 Å². The third-order valence-corrected chi connectivity index (χ3v) is 4.84. The van der Waals surface area contributed by atoms with Crippen molar-refractivity contribution in [1.29, 1.82) is 0 Å². The number of ether oxygens (including phenoxy) is 1. The predicted octanol–water partition coefficient (Wildman–Crippen LogP) is 6.06. The van der Waals surface area contributed by atoms with Gasteiger partial charge < -0.3 is 14.6 Å². The van der Waals surface area contributed by atoms with Crippen LogP contribution in [0.15, 0.2) is 77.3 Å². The molecule has 3 aromatic carbocycles. The Balaban J connectivity index is 1.40. The molecule has 1 N–H and O–H groups in total. The fraction of sp³-hybridized carbons (Fsp3) is 0.125. The van der Waals surface area contributed by atoms with E-state index in [1.807, 2.05) is 61.5 Å². The quantitative estimate of drug-likeness (QED) is 0.383. The van der Waals surface area contributed by atoms with Gasteiger partial charge in [0.2, 0.25) is 17.6 Å². The van der Waals surface area contributed by atoms with E-state index in [-0.39, 0.29) is 12.3 Å². The molecule has 0 saturated heterocycles. The third kappa shape index (κ3) is 5.29. The lowest BCUT2D eigenvalue weighted by atomic mass is 10.1. The van der Waals surface area contributed by atoms with Crippen LogP contribution in [0, 0.1) is 6.92 Å². The standard InChI is InChI=1S/C24H20ClN3O3/c1-16-7-5-6-10-19(16)24-27-23(31-28-24)14-13-22(29)26-20-15-17(25)11-12-21(20)30-18-8-3-2-4-9-18/h2-12,15H,13-14H2,1H3,(H,26,29). The monoisotopic (exact) mass is 433 g/mol. The zero-order valence-corrected chi connectivity index (χ0v) is 17.6. The van der Waals surface area contributed by atoms with Crippen LogP contribution >= 0.6 is 11.6 Å². The first-order valence-electron chi connectivity index (χ1n) is 9.79. The Morgan fingerprint density at radius 3 is 2.65 bits per heavy atom. The van der Waals surface area contributed by atoms with Crippen LogP contribution in [0.2, 0.25) is 5.02 Å². The first-order chi connectivity index (χ1) is 15.1. The van der Waals surface area contributed by atoms with Crippen molar-refractivity contribution >= 4 is 23.2 Å². The maximum absolute atomic E-state index is 12.5. The van der Waals surface area contributed by atoms with Crippen LogP contribution in [0.4, 0.5) is 5.69 Å². The van der Waals surface area contributed by atoms with E-state index < -0.39 is 0 Å². The molecule has 0 radical (unpaired) electrons. The van der Waals surface area contributed by atoms with Crippen molar-refractivity contribution in [3.8, 4) is 22.9 Å². The highest BCUT2D eigenvalue weighted by atomic mass is 35.5. The average molecular weight is 434 g/mol. The Kier molecular flexibility index (Phi) is 6.29. The van der Waals surface area contributed by atoms with Crippen LogP contribution in [0.3, 0.4) is 0 Å². The number of hydrogen-bond acceptors (Lipinski definition) is 5. The highest BCUT2D eigenvalue weighted by Gasteiger charge is 2.14. The fourth-order valence-electron chi connectivity index (χ4n) is 3.03. The zero-order chi connectivity index (χ0) is 21.6. The number of carbonyl (C=O) groups is 1. The van der Waals surface area contributed by atoms with Crippen LogP contribution in [-0.4, -0.2) is 16.0 Å². The SMILES string of the molecule is Cc1ccccc1-c1noc(CCC(=O)Nc2cc(Cl)ccc2Oc2ccccc2)n1. The molecule has 1 aromatic heterocycles. The summed E-state index contributed by atoms with van der Waals surface area (Å²) in [5, 5.41) is 7.37. The molecule has 0 aliphatic rings. The number of halogens is 1. The van der Waals surface area contributed by atoms with Crippen LogP contribution in [0.25, 0.3) is 11.4 Å². The van der Waals surface area contributed by atoms with Crippen molar-refractivity contribution in [1.82, 2.24) is 10.1 Å². The smallest absolute Gasteiger partial charge is 0.227 e. The van der Waals surface area contributed by atoms with E-state index >= 15 is 0 Å². The number of benzene rings is 3. The lowest BCUT2D eigenvalue weighted by Gasteiger charge is -2.12. The van der Waals surface area contributed by atoms with Gasteiger partial charge in [0.25, 0.3) is 0 Å². The topological polar surface area (TPSA) is 77.2 Å². The van der Waals surface area contributed by atoms with Gasteiger partial charge in [0, 0.05) is 23.4 Å². The van der Waals surface area contributed by atoms with Gasteiger partial charge in [-0.3, -0.25) is 4.79 Å². The molecule has 1 heterocycles. The number of anilines is 1. The van der Waals surface area contributed by atoms with Crippen LogP contribution in [-0.2, 0) is 11.2 Å². The molecule has 0 saturated carbocycles. The van der Waals surface area contributed by atoms with Crippen molar-refractivity contribution in [3.63, 3.8) is 0 Å². The fourth-order valence-corrected chi connectivity index (χ4v) is 3.20. The Bertz CT molecular complexity index is 1190. The maximum atomic E-state index is 12.5. The van der Waals surface area contributed by atoms with Crippen LogP contribution < -0.4 is 10.1 Å². The number of amides is 1. The largest absolute Gasteiger partial charge is 0.455 e. The number of nitrogens with one attached hydrogen (secondary N) is 1. The van der Waals surface area contributed by atoms with Gasteiger partial charge in [-0.2, -0.15) is 4.98 Å². The van der Waals surface area contributed by atoms with E-state index in [1.165, 1.54) is 0 Å². The second kappa shape index (κ2) is 9.45. The summed E-state index contributed by atoms with van der Waals surface area (Å²) in [5.41, 5.74) is 2.45. The van der Waals surface area contributed by atoms with Crippen LogP contribution in [0.1, 0.15) is 17.9 Å². The molecule has 0 aliphatic carbocycles. The first kappa shape index (κ1) is 20.6. The van der Waals surface area contributed by atoms with E-state index in [0.717, 1.165) is 11.1 Å². The third-order valence-electron chi connectivity index (χ3n) is 4.61. The summed E-state index contributed by atoms with van der Waals surface area (Å²) in [4.78, 5) is 16.9. The molecule has 0 fully saturated rings.